The number of nitrogens with zero attached hydrogens (tertiary/aromatic N) is 4. The molecule has 0 saturated carbocycles. The minimum Gasteiger partial charge on any atom is -0.436 e. The molecule has 1 heterocycles. The van der Waals surface area contributed by atoms with Crippen molar-refractivity contribution in [3.8, 4) is 11.6 Å². The van der Waals surface area contributed by atoms with Gasteiger partial charge in [-0.15, -0.1) is 0 Å². The Morgan fingerprint density at radius 1 is 1.24 bits per heavy atom. The second-order valence-electron chi connectivity index (χ2n) is 5.69. The maximum atomic E-state index is 13.8. The standard InChI is InChI=1S/C16H21FN6O2/c1-22(2)6-7-23(3)16(24)21-14-9-15(20-10-19-14)25-13-5-4-11(18)8-12(13)17/h4-5,8-10H,6-7,18H2,1-3H3,(H,19,20,21,24). The molecular formula is C16H21FN6O2. The number of aromatic nitrogens is 2. The number of carbonyl (C=O) groups excluding carboxylic acids is 1. The summed E-state index contributed by atoms with van der Waals surface area (Å²) in [5.74, 6) is -0.270. The van der Waals surface area contributed by atoms with E-state index in [2.05, 4.69) is 15.3 Å². The number of hydrogen-bond acceptors (Lipinski definition) is 6. The van der Waals surface area contributed by atoms with Gasteiger partial charge < -0.3 is 20.3 Å². The van der Waals surface area contributed by atoms with Gasteiger partial charge in [-0.1, -0.05) is 0 Å². The maximum Gasteiger partial charge on any atom is 0.322 e. The summed E-state index contributed by atoms with van der Waals surface area (Å²) in [5.41, 5.74) is 5.79. The lowest BCUT2D eigenvalue weighted by Crippen LogP contribution is -2.36. The molecule has 2 amide bonds. The van der Waals surface area contributed by atoms with Crippen LogP contribution < -0.4 is 15.8 Å². The molecule has 3 N–H and O–H groups in total. The molecule has 0 unspecified atom stereocenters. The van der Waals surface area contributed by atoms with Gasteiger partial charge in [0.05, 0.1) is 0 Å². The second-order valence-corrected chi connectivity index (χ2v) is 5.69. The van der Waals surface area contributed by atoms with Gasteiger partial charge in [0.2, 0.25) is 5.88 Å². The van der Waals surface area contributed by atoms with Crippen LogP contribution in [0.3, 0.4) is 0 Å². The van der Waals surface area contributed by atoms with Crippen LogP contribution in [0.4, 0.5) is 20.7 Å². The zero-order valence-electron chi connectivity index (χ0n) is 14.4. The molecule has 0 fully saturated rings. The molecule has 9 heteroatoms. The van der Waals surface area contributed by atoms with Crippen molar-refractivity contribution in [1.82, 2.24) is 19.8 Å². The van der Waals surface area contributed by atoms with Crippen LogP contribution in [0, 0.1) is 5.82 Å². The fraction of sp³-hybridized carbons (Fsp3) is 0.312. The van der Waals surface area contributed by atoms with E-state index < -0.39 is 5.82 Å². The predicted molar refractivity (Wildman–Crippen MR) is 93.1 cm³/mol. The number of nitrogen functional groups attached to an aromatic ring is 1. The average Bonchev–Trinajstić information content (AvgIpc) is 2.55. The molecule has 0 aliphatic rings. The quantitative estimate of drug-likeness (QED) is 0.775. The summed E-state index contributed by atoms with van der Waals surface area (Å²) in [7, 11) is 5.54. The number of likely N-dealkylation sites (N-methyl/N-ethyl adjacent to an activating group) is 2. The number of rotatable bonds is 6. The molecular weight excluding hydrogens is 327 g/mol. The summed E-state index contributed by atoms with van der Waals surface area (Å²) < 4.78 is 19.1. The number of carbonyl (C=O) groups is 1. The number of urea groups is 1. The minimum atomic E-state index is -0.604. The number of halogens is 1. The minimum absolute atomic E-state index is 0.0201. The van der Waals surface area contributed by atoms with Crippen molar-refractivity contribution in [2.24, 2.45) is 0 Å². The van der Waals surface area contributed by atoms with E-state index in [1.54, 1.807) is 7.05 Å². The van der Waals surface area contributed by atoms with Gasteiger partial charge in [-0.2, -0.15) is 0 Å². The number of hydrogen-bond donors (Lipinski definition) is 2. The van der Waals surface area contributed by atoms with Crippen LogP contribution in [0.5, 0.6) is 11.6 Å². The van der Waals surface area contributed by atoms with Gasteiger partial charge in [0, 0.05) is 38.0 Å². The van der Waals surface area contributed by atoms with Crippen LogP contribution in [-0.2, 0) is 0 Å². The average molecular weight is 348 g/mol. The summed E-state index contributed by atoms with van der Waals surface area (Å²) in [6, 6.07) is 5.17. The van der Waals surface area contributed by atoms with E-state index in [-0.39, 0.29) is 23.5 Å². The molecule has 0 spiro atoms. The Morgan fingerprint density at radius 3 is 2.68 bits per heavy atom. The summed E-state index contributed by atoms with van der Waals surface area (Å²) >= 11 is 0. The van der Waals surface area contributed by atoms with E-state index in [1.807, 2.05) is 19.0 Å². The fourth-order valence-electron chi connectivity index (χ4n) is 1.83. The highest BCUT2D eigenvalue weighted by molar-refractivity contribution is 5.88. The Balaban J connectivity index is 2.02. The first-order valence-corrected chi connectivity index (χ1v) is 7.57. The Hall–Kier alpha value is -2.94. The molecule has 1 aromatic carbocycles. The van der Waals surface area contributed by atoms with E-state index in [1.165, 1.54) is 29.4 Å². The van der Waals surface area contributed by atoms with Crippen LogP contribution in [0.1, 0.15) is 0 Å². The molecule has 2 rings (SSSR count). The molecule has 2 aromatic rings. The van der Waals surface area contributed by atoms with Crippen molar-refractivity contribution in [2.45, 2.75) is 0 Å². The Kier molecular flexibility index (Phi) is 6.07. The van der Waals surface area contributed by atoms with Gasteiger partial charge in [-0.25, -0.2) is 19.2 Å². The first-order chi connectivity index (χ1) is 11.8. The highest BCUT2D eigenvalue weighted by atomic mass is 19.1. The van der Waals surface area contributed by atoms with Crippen LogP contribution >= 0.6 is 0 Å². The van der Waals surface area contributed by atoms with Crippen molar-refractivity contribution in [1.29, 1.82) is 0 Å². The van der Waals surface area contributed by atoms with E-state index in [0.717, 1.165) is 12.6 Å². The summed E-state index contributed by atoms with van der Waals surface area (Å²) in [4.78, 5) is 23.5. The van der Waals surface area contributed by atoms with Crippen LogP contribution in [0.25, 0.3) is 0 Å². The maximum absolute atomic E-state index is 13.8. The van der Waals surface area contributed by atoms with E-state index in [0.29, 0.717) is 12.2 Å². The normalized spacial score (nSPS) is 10.6. The van der Waals surface area contributed by atoms with Crippen molar-refractivity contribution in [3.05, 3.63) is 36.4 Å². The van der Waals surface area contributed by atoms with Crippen molar-refractivity contribution >= 4 is 17.5 Å². The number of nitrogens with one attached hydrogen (secondary N) is 1. The number of nitrogens with two attached hydrogens (primary N) is 1. The lowest BCUT2D eigenvalue weighted by molar-refractivity contribution is 0.217. The SMILES string of the molecule is CN(C)CCN(C)C(=O)Nc1cc(Oc2ccc(N)cc2F)ncn1. The Morgan fingerprint density at radius 2 is 2.00 bits per heavy atom. The largest absolute Gasteiger partial charge is 0.436 e. The van der Waals surface area contributed by atoms with Crippen LogP contribution in [0.15, 0.2) is 30.6 Å². The second kappa shape index (κ2) is 8.25. The van der Waals surface area contributed by atoms with Crippen LogP contribution in [-0.4, -0.2) is 60.0 Å². The highest BCUT2D eigenvalue weighted by Crippen LogP contribution is 2.25. The molecule has 0 saturated heterocycles. The van der Waals surface area contributed by atoms with Crippen molar-refractivity contribution in [2.75, 3.05) is 45.3 Å². The lowest BCUT2D eigenvalue weighted by atomic mass is 10.3. The number of benzene rings is 1. The molecule has 134 valence electrons. The van der Waals surface area contributed by atoms with Gasteiger partial charge in [0.25, 0.3) is 0 Å². The number of amides is 2. The summed E-state index contributed by atoms with van der Waals surface area (Å²) in [5, 5.41) is 2.64. The smallest absolute Gasteiger partial charge is 0.322 e. The van der Waals surface area contributed by atoms with Gasteiger partial charge in [0.1, 0.15) is 12.1 Å². The number of ether oxygens (including phenoxy) is 1. The molecule has 0 aliphatic heterocycles. The molecule has 0 radical (unpaired) electrons. The van der Waals surface area contributed by atoms with Crippen molar-refractivity contribution in [3.63, 3.8) is 0 Å². The molecule has 8 nitrogen and oxygen atoms in total. The number of anilines is 2. The Labute approximate surface area is 145 Å². The zero-order chi connectivity index (χ0) is 18.4. The topological polar surface area (TPSA) is 96.6 Å². The lowest BCUT2D eigenvalue weighted by Gasteiger charge is -2.19. The molecule has 0 aliphatic carbocycles. The Bertz CT molecular complexity index is 740. The highest BCUT2D eigenvalue weighted by Gasteiger charge is 2.12. The van der Waals surface area contributed by atoms with Gasteiger partial charge in [-0.05, 0) is 26.2 Å². The van der Waals surface area contributed by atoms with Crippen LogP contribution in [0.2, 0.25) is 0 Å². The third-order valence-corrected chi connectivity index (χ3v) is 3.28. The van der Waals surface area contributed by atoms with Crippen molar-refractivity contribution < 1.29 is 13.9 Å². The van der Waals surface area contributed by atoms with Gasteiger partial charge in [-0.3, -0.25) is 5.32 Å². The molecule has 25 heavy (non-hydrogen) atoms. The van der Waals surface area contributed by atoms with Gasteiger partial charge in [0.15, 0.2) is 11.6 Å². The molecule has 1 aromatic heterocycles. The first kappa shape index (κ1) is 18.4. The third-order valence-electron chi connectivity index (χ3n) is 3.28. The molecule has 0 atom stereocenters. The predicted octanol–water partition coefficient (Wildman–Crippen LogP) is 2.02. The fourth-order valence-corrected chi connectivity index (χ4v) is 1.83. The van der Waals surface area contributed by atoms with E-state index in [4.69, 9.17) is 10.5 Å². The van der Waals surface area contributed by atoms with E-state index in [9.17, 15) is 9.18 Å². The van der Waals surface area contributed by atoms with E-state index >= 15 is 0 Å². The summed E-state index contributed by atoms with van der Waals surface area (Å²) in [6.07, 6.45) is 1.22. The first-order valence-electron chi connectivity index (χ1n) is 7.57. The third kappa shape index (κ3) is 5.57. The van der Waals surface area contributed by atoms with Gasteiger partial charge >= 0.3 is 6.03 Å². The summed E-state index contributed by atoms with van der Waals surface area (Å²) in [6.45, 7) is 1.29. The molecule has 0 bridgehead atoms. The zero-order valence-corrected chi connectivity index (χ0v) is 14.4. The monoisotopic (exact) mass is 348 g/mol.